The van der Waals surface area contributed by atoms with E-state index in [0.717, 1.165) is 15.4 Å². The normalized spacial score (nSPS) is 12.9. The van der Waals surface area contributed by atoms with E-state index in [1.54, 1.807) is 24.3 Å². The Balaban J connectivity index is 2.57. The number of nitrogens with zero attached hydrogens (tertiary/aromatic N) is 1. The smallest absolute Gasteiger partial charge is 0.326 e. The van der Waals surface area contributed by atoms with Gasteiger partial charge in [-0.15, -0.1) is 0 Å². The zero-order valence-corrected chi connectivity index (χ0v) is 12.5. The van der Waals surface area contributed by atoms with Gasteiger partial charge in [0.05, 0.1) is 5.75 Å². The number of rotatable bonds is 7. The molecule has 0 aliphatic heterocycles. The van der Waals surface area contributed by atoms with Crippen LogP contribution in [-0.2, 0) is 23.1 Å². The van der Waals surface area contributed by atoms with Crippen molar-refractivity contribution in [1.82, 2.24) is 4.31 Å². The summed E-state index contributed by atoms with van der Waals surface area (Å²) in [6.45, 7) is 0.519. The standard InChI is InChI=1S/C13H19F3N2O2S/c1-18(10-12-5-3-11(9-17)4-6-12)21(19,20)8-2-7-13(14,15)16/h3-6H,2,7-10,17H2,1H3. The Hall–Kier alpha value is -1.12. The third kappa shape index (κ3) is 6.45. The summed E-state index contributed by atoms with van der Waals surface area (Å²) in [5.41, 5.74) is 7.15. The second-order valence-corrected chi connectivity index (χ2v) is 7.01. The van der Waals surface area contributed by atoms with Crippen molar-refractivity contribution in [2.45, 2.75) is 32.1 Å². The van der Waals surface area contributed by atoms with Gasteiger partial charge in [0.15, 0.2) is 0 Å². The largest absolute Gasteiger partial charge is 0.389 e. The Labute approximate surface area is 122 Å². The van der Waals surface area contributed by atoms with Crippen LogP contribution in [-0.4, -0.2) is 31.7 Å². The van der Waals surface area contributed by atoms with Gasteiger partial charge < -0.3 is 5.73 Å². The van der Waals surface area contributed by atoms with Gasteiger partial charge in [0.2, 0.25) is 10.0 Å². The fraction of sp³-hybridized carbons (Fsp3) is 0.538. The molecule has 0 amide bonds. The molecule has 120 valence electrons. The number of halogens is 3. The highest BCUT2D eigenvalue weighted by atomic mass is 32.2. The van der Waals surface area contributed by atoms with Crippen molar-refractivity contribution in [1.29, 1.82) is 0 Å². The van der Waals surface area contributed by atoms with E-state index >= 15 is 0 Å². The predicted molar refractivity (Wildman–Crippen MR) is 74.9 cm³/mol. The number of hydrogen-bond acceptors (Lipinski definition) is 3. The average molecular weight is 324 g/mol. The monoisotopic (exact) mass is 324 g/mol. The Morgan fingerprint density at radius 3 is 2.14 bits per heavy atom. The van der Waals surface area contributed by atoms with Crippen molar-refractivity contribution in [2.75, 3.05) is 12.8 Å². The second kappa shape index (κ2) is 7.24. The Morgan fingerprint density at radius 1 is 1.14 bits per heavy atom. The molecule has 0 aromatic heterocycles. The fourth-order valence-electron chi connectivity index (χ4n) is 1.75. The van der Waals surface area contributed by atoms with Crippen LogP contribution >= 0.6 is 0 Å². The highest BCUT2D eigenvalue weighted by Gasteiger charge is 2.28. The molecule has 2 N–H and O–H groups in total. The van der Waals surface area contributed by atoms with Gasteiger partial charge in [-0.05, 0) is 17.5 Å². The lowest BCUT2D eigenvalue weighted by Crippen LogP contribution is -2.29. The molecule has 0 saturated heterocycles. The molecule has 1 aromatic carbocycles. The Bertz CT molecular complexity index is 542. The van der Waals surface area contributed by atoms with Crippen LogP contribution in [0.15, 0.2) is 24.3 Å². The molecular weight excluding hydrogens is 305 g/mol. The number of hydrogen-bond donors (Lipinski definition) is 1. The molecule has 1 rings (SSSR count). The van der Waals surface area contributed by atoms with Crippen molar-refractivity contribution < 1.29 is 21.6 Å². The minimum absolute atomic E-state index is 0.124. The zero-order valence-electron chi connectivity index (χ0n) is 11.7. The second-order valence-electron chi connectivity index (χ2n) is 4.81. The van der Waals surface area contributed by atoms with E-state index in [4.69, 9.17) is 5.73 Å². The van der Waals surface area contributed by atoms with Crippen molar-refractivity contribution in [3.8, 4) is 0 Å². The van der Waals surface area contributed by atoms with E-state index in [1.807, 2.05) is 0 Å². The fourth-order valence-corrected chi connectivity index (χ4v) is 2.91. The van der Waals surface area contributed by atoms with Gasteiger partial charge in [-0.2, -0.15) is 13.2 Å². The lowest BCUT2D eigenvalue weighted by atomic mass is 10.1. The molecule has 0 spiro atoms. The van der Waals surface area contributed by atoms with Gasteiger partial charge in [-0.1, -0.05) is 24.3 Å². The molecule has 8 heteroatoms. The highest BCUT2D eigenvalue weighted by molar-refractivity contribution is 7.89. The van der Waals surface area contributed by atoms with E-state index in [1.165, 1.54) is 7.05 Å². The predicted octanol–water partition coefficient (Wildman–Crippen LogP) is 2.25. The molecule has 1 aromatic rings. The molecule has 0 saturated carbocycles. The molecule has 4 nitrogen and oxygen atoms in total. The third-order valence-corrected chi connectivity index (χ3v) is 4.88. The maximum Gasteiger partial charge on any atom is 0.389 e. The van der Waals surface area contributed by atoms with Crippen LogP contribution in [0.1, 0.15) is 24.0 Å². The quantitative estimate of drug-likeness (QED) is 0.837. The van der Waals surface area contributed by atoms with Gasteiger partial charge in [0.1, 0.15) is 0 Å². The SMILES string of the molecule is CN(Cc1ccc(CN)cc1)S(=O)(=O)CCCC(F)(F)F. The van der Waals surface area contributed by atoms with E-state index in [9.17, 15) is 21.6 Å². The molecule has 0 atom stereocenters. The van der Waals surface area contributed by atoms with Crippen LogP contribution in [0.4, 0.5) is 13.2 Å². The maximum absolute atomic E-state index is 12.0. The minimum atomic E-state index is -4.33. The van der Waals surface area contributed by atoms with Crippen molar-refractivity contribution in [3.05, 3.63) is 35.4 Å². The Morgan fingerprint density at radius 2 is 1.67 bits per heavy atom. The van der Waals surface area contributed by atoms with Gasteiger partial charge in [-0.25, -0.2) is 12.7 Å². The molecule has 0 fully saturated rings. The highest BCUT2D eigenvalue weighted by Crippen LogP contribution is 2.22. The first-order chi connectivity index (χ1) is 9.64. The van der Waals surface area contributed by atoms with Crippen molar-refractivity contribution in [2.24, 2.45) is 5.73 Å². The number of alkyl halides is 3. The van der Waals surface area contributed by atoms with E-state index in [-0.39, 0.29) is 6.54 Å². The molecule has 0 aliphatic rings. The summed E-state index contributed by atoms with van der Waals surface area (Å²) in [5.74, 6) is -0.510. The van der Waals surface area contributed by atoms with Crippen LogP contribution in [0.25, 0.3) is 0 Å². The van der Waals surface area contributed by atoms with Gasteiger partial charge in [-0.3, -0.25) is 0 Å². The first-order valence-electron chi connectivity index (χ1n) is 6.43. The first-order valence-corrected chi connectivity index (χ1v) is 8.03. The molecule has 0 radical (unpaired) electrons. The average Bonchev–Trinajstić information content (AvgIpc) is 2.37. The van der Waals surface area contributed by atoms with Crippen LogP contribution in [0.3, 0.4) is 0 Å². The maximum atomic E-state index is 12.0. The summed E-state index contributed by atoms with van der Waals surface area (Å²) >= 11 is 0. The van der Waals surface area contributed by atoms with E-state index in [0.29, 0.717) is 6.54 Å². The summed E-state index contributed by atoms with van der Waals surface area (Å²) in [7, 11) is -2.33. The molecule has 0 unspecified atom stereocenters. The lowest BCUT2D eigenvalue weighted by Gasteiger charge is -2.17. The third-order valence-electron chi connectivity index (χ3n) is 3.00. The topological polar surface area (TPSA) is 63.4 Å². The summed E-state index contributed by atoms with van der Waals surface area (Å²) in [4.78, 5) is 0. The summed E-state index contributed by atoms with van der Waals surface area (Å²) in [5, 5.41) is 0. The van der Waals surface area contributed by atoms with E-state index in [2.05, 4.69) is 0 Å². The van der Waals surface area contributed by atoms with E-state index < -0.39 is 34.8 Å². The van der Waals surface area contributed by atoms with Gasteiger partial charge in [0.25, 0.3) is 0 Å². The lowest BCUT2D eigenvalue weighted by molar-refractivity contribution is -0.134. The molecule has 0 aliphatic carbocycles. The van der Waals surface area contributed by atoms with Crippen molar-refractivity contribution in [3.63, 3.8) is 0 Å². The van der Waals surface area contributed by atoms with Crippen LogP contribution in [0, 0.1) is 0 Å². The molecule has 21 heavy (non-hydrogen) atoms. The number of benzene rings is 1. The Kier molecular flexibility index (Phi) is 6.18. The van der Waals surface area contributed by atoms with Crippen LogP contribution in [0.5, 0.6) is 0 Å². The zero-order chi connectivity index (χ0) is 16.1. The minimum Gasteiger partial charge on any atom is -0.326 e. The molecule has 0 heterocycles. The van der Waals surface area contributed by atoms with Crippen LogP contribution < -0.4 is 5.73 Å². The van der Waals surface area contributed by atoms with Crippen LogP contribution in [0.2, 0.25) is 0 Å². The molecule has 0 bridgehead atoms. The molecular formula is C13H19F3N2O2S. The van der Waals surface area contributed by atoms with Gasteiger partial charge in [0, 0.05) is 26.6 Å². The summed E-state index contributed by atoms with van der Waals surface area (Å²) in [6, 6.07) is 7.09. The van der Waals surface area contributed by atoms with Gasteiger partial charge >= 0.3 is 6.18 Å². The first kappa shape index (κ1) is 17.9. The van der Waals surface area contributed by atoms with Crippen molar-refractivity contribution >= 4 is 10.0 Å². The summed E-state index contributed by atoms with van der Waals surface area (Å²) in [6.07, 6.45) is -5.85. The number of sulfonamides is 1. The summed E-state index contributed by atoms with van der Waals surface area (Å²) < 4.78 is 60.9. The number of nitrogens with two attached hydrogens (primary N) is 1.